The summed E-state index contributed by atoms with van der Waals surface area (Å²) < 4.78 is 1.40. The Hall–Kier alpha value is -2.18. The van der Waals surface area contributed by atoms with E-state index in [0.717, 1.165) is 31.2 Å². The molecular weight excluding hydrogens is 370 g/mol. The van der Waals surface area contributed by atoms with Crippen LogP contribution in [0.25, 0.3) is 21.6 Å². The number of carbonyl (C=O) groups excluding carboxylic acids is 1. The highest BCUT2D eigenvalue weighted by molar-refractivity contribution is 7.18. The Labute approximate surface area is 159 Å². The minimum atomic E-state index is -0.815. The average Bonchev–Trinajstić information content (AvgIpc) is 3.00. The number of aromatic nitrogens is 2. The molecule has 4 rings (SSSR count). The van der Waals surface area contributed by atoms with Crippen LogP contribution in [0.1, 0.15) is 36.2 Å². The number of nitrogens with zero attached hydrogens (tertiary/aromatic N) is 2. The molecule has 1 aliphatic carbocycles. The van der Waals surface area contributed by atoms with Crippen LogP contribution < -0.4 is 11.3 Å². The fourth-order valence-electron chi connectivity index (χ4n) is 3.54. The molecule has 2 aromatic heterocycles. The second-order valence-corrected chi connectivity index (χ2v) is 8.05. The first kappa shape index (κ1) is 17.2. The van der Waals surface area contributed by atoms with Gasteiger partial charge in [0.05, 0.1) is 10.4 Å². The van der Waals surface area contributed by atoms with Crippen LogP contribution in [0.5, 0.6) is 0 Å². The molecule has 5 nitrogen and oxygen atoms in total. The highest BCUT2D eigenvalue weighted by Crippen LogP contribution is 2.36. The third-order valence-corrected chi connectivity index (χ3v) is 6.45. The highest BCUT2D eigenvalue weighted by Gasteiger charge is 2.26. The number of primary amides is 1. The van der Waals surface area contributed by atoms with E-state index in [1.165, 1.54) is 9.44 Å². The molecule has 7 heteroatoms. The van der Waals surface area contributed by atoms with Crippen LogP contribution in [0.3, 0.4) is 0 Å². The van der Waals surface area contributed by atoms with Crippen molar-refractivity contribution < 1.29 is 4.79 Å². The van der Waals surface area contributed by atoms with Crippen LogP contribution in [-0.4, -0.2) is 15.5 Å². The maximum atomic E-state index is 13.4. The molecule has 1 unspecified atom stereocenters. The number of nitrogens with two attached hydrogens (primary N) is 1. The Balaban J connectivity index is 2.10. The summed E-state index contributed by atoms with van der Waals surface area (Å²) in [6.07, 6.45) is 4.05. The van der Waals surface area contributed by atoms with Gasteiger partial charge in [-0.2, -0.15) is 0 Å². The van der Waals surface area contributed by atoms with Crippen molar-refractivity contribution in [2.24, 2.45) is 5.73 Å². The standard InChI is InChI=1S/C19H18ClN3O2S/c1-10(16(21)24)23-17(11-6-2-4-8-13(11)20)22-18-15(19(23)25)12-7-3-5-9-14(12)26-18/h2,4,6,8,10H,3,5,7,9H2,1H3,(H2,21,24). The minimum Gasteiger partial charge on any atom is -0.368 e. The first-order valence-corrected chi connectivity index (χ1v) is 9.79. The summed E-state index contributed by atoms with van der Waals surface area (Å²) in [7, 11) is 0. The van der Waals surface area contributed by atoms with Gasteiger partial charge in [0.15, 0.2) is 0 Å². The Morgan fingerprint density at radius 1 is 1.31 bits per heavy atom. The minimum absolute atomic E-state index is 0.212. The number of amides is 1. The predicted octanol–water partition coefficient (Wildman–Crippen LogP) is 3.70. The summed E-state index contributed by atoms with van der Waals surface area (Å²) in [5.41, 5.74) is 7.02. The van der Waals surface area contributed by atoms with Gasteiger partial charge in [0.1, 0.15) is 16.7 Å². The van der Waals surface area contributed by atoms with Crippen molar-refractivity contribution in [2.75, 3.05) is 0 Å². The molecule has 3 aromatic rings. The smallest absolute Gasteiger partial charge is 0.263 e. The molecule has 0 fully saturated rings. The Morgan fingerprint density at radius 3 is 2.77 bits per heavy atom. The van der Waals surface area contributed by atoms with Crippen molar-refractivity contribution in [1.82, 2.24) is 9.55 Å². The summed E-state index contributed by atoms with van der Waals surface area (Å²) in [4.78, 5) is 32.0. The SMILES string of the molecule is CC(C(N)=O)n1c(-c2ccccc2Cl)nc2sc3c(c2c1=O)CCCC3. The molecule has 0 radical (unpaired) electrons. The highest BCUT2D eigenvalue weighted by atomic mass is 35.5. The predicted molar refractivity (Wildman–Crippen MR) is 105 cm³/mol. The van der Waals surface area contributed by atoms with Gasteiger partial charge in [-0.25, -0.2) is 4.98 Å². The molecule has 1 amide bonds. The van der Waals surface area contributed by atoms with E-state index in [9.17, 15) is 9.59 Å². The lowest BCUT2D eigenvalue weighted by molar-refractivity contribution is -0.120. The largest absolute Gasteiger partial charge is 0.368 e. The molecule has 26 heavy (non-hydrogen) atoms. The summed E-state index contributed by atoms with van der Waals surface area (Å²) in [5.74, 6) is -0.191. The number of halogens is 1. The summed E-state index contributed by atoms with van der Waals surface area (Å²) in [5, 5.41) is 1.11. The van der Waals surface area contributed by atoms with Crippen LogP contribution in [0, 0.1) is 0 Å². The topological polar surface area (TPSA) is 78.0 Å². The van der Waals surface area contributed by atoms with Crippen molar-refractivity contribution in [1.29, 1.82) is 0 Å². The number of hydrogen-bond donors (Lipinski definition) is 1. The zero-order valence-corrected chi connectivity index (χ0v) is 15.9. The monoisotopic (exact) mass is 387 g/mol. The first-order chi connectivity index (χ1) is 12.5. The van der Waals surface area contributed by atoms with Gasteiger partial charge in [0.2, 0.25) is 5.91 Å². The van der Waals surface area contributed by atoms with Crippen molar-refractivity contribution in [3.05, 3.63) is 50.1 Å². The Morgan fingerprint density at radius 2 is 2.04 bits per heavy atom. The summed E-state index contributed by atoms with van der Waals surface area (Å²) in [6, 6.07) is 6.37. The third kappa shape index (κ3) is 2.64. The van der Waals surface area contributed by atoms with Crippen LogP contribution in [-0.2, 0) is 17.6 Å². The molecule has 2 heterocycles. The Bertz CT molecular complexity index is 1090. The number of aryl methyl sites for hydroxylation is 2. The van der Waals surface area contributed by atoms with Crippen molar-refractivity contribution in [3.8, 4) is 11.4 Å². The third-order valence-electron chi connectivity index (χ3n) is 4.93. The maximum absolute atomic E-state index is 13.4. The maximum Gasteiger partial charge on any atom is 0.263 e. The molecule has 1 atom stereocenters. The van der Waals surface area contributed by atoms with E-state index in [0.29, 0.717) is 26.6 Å². The number of hydrogen-bond acceptors (Lipinski definition) is 4. The zero-order chi connectivity index (χ0) is 18.4. The van der Waals surface area contributed by atoms with Gasteiger partial charge < -0.3 is 5.73 Å². The van der Waals surface area contributed by atoms with Gasteiger partial charge in [-0.05, 0) is 50.3 Å². The van der Waals surface area contributed by atoms with E-state index >= 15 is 0 Å². The van der Waals surface area contributed by atoms with Crippen LogP contribution >= 0.6 is 22.9 Å². The van der Waals surface area contributed by atoms with Gasteiger partial charge >= 0.3 is 0 Å². The Kier molecular flexibility index (Phi) is 4.32. The number of thiophene rings is 1. The molecule has 134 valence electrons. The van der Waals surface area contributed by atoms with Crippen LogP contribution in [0.15, 0.2) is 29.1 Å². The molecule has 0 bridgehead atoms. The molecule has 0 saturated heterocycles. The van der Waals surface area contributed by atoms with Gasteiger partial charge in [0, 0.05) is 10.4 Å². The number of fused-ring (bicyclic) bond motifs is 3. The van der Waals surface area contributed by atoms with E-state index < -0.39 is 11.9 Å². The lowest BCUT2D eigenvalue weighted by Gasteiger charge is -2.18. The second kappa shape index (κ2) is 6.52. The number of carbonyl (C=O) groups is 1. The average molecular weight is 388 g/mol. The zero-order valence-electron chi connectivity index (χ0n) is 14.3. The molecule has 0 saturated carbocycles. The van der Waals surface area contributed by atoms with E-state index in [1.54, 1.807) is 30.4 Å². The summed E-state index contributed by atoms with van der Waals surface area (Å²) >= 11 is 7.93. The van der Waals surface area contributed by atoms with Crippen LogP contribution in [0.4, 0.5) is 0 Å². The first-order valence-electron chi connectivity index (χ1n) is 8.60. The van der Waals surface area contributed by atoms with E-state index in [2.05, 4.69) is 0 Å². The van der Waals surface area contributed by atoms with E-state index in [4.69, 9.17) is 22.3 Å². The molecule has 1 aliphatic rings. The quantitative estimate of drug-likeness (QED) is 0.744. The van der Waals surface area contributed by atoms with E-state index in [-0.39, 0.29) is 5.56 Å². The number of rotatable bonds is 3. The molecule has 2 N–H and O–H groups in total. The molecule has 1 aromatic carbocycles. The summed E-state index contributed by atoms with van der Waals surface area (Å²) in [6.45, 7) is 1.62. The molecular formula is C19H18ClN3O2S. The lowest BCUT2D eigenvalue weighted by atomic mass is 9.97. The van der Waals surface area contributed by atoms with Gasteiger partial charge in [-0.15, -0.1) is 11.3 Å². The van der Waals surface area contributed by atoms with Gasteiger partial charge in [-0.3, -0.25) is 14.2 Å². The lowest BCUT2D eigenvalue weighted by Crippen LogP contribution is -2.34. The number of benzene rings is 1. The second-order valence-electron chi connectivity index (χ2n) is 6.56. The van der Waals surface area contributed by atoms with Crippen LogP contribution in [0.2, 0.25) is 5.02 Å². The van der Waals surface area contributed by atoms with Crippen molar-refractivity contribution >= 4 is 39.1 Å². The fourth-order valence-corrected chi connectivity index (χ4v) is 5.01. The van der Waals surface area contributed by atoms with Gasteiger partial charge in [0.25, 0.3) is 5.56 Å². The van der Waals surface area contributed by atoms with Gasteiger partial charge in [-0.1, -0.05) is 23.7 Å². The normalized spacial score (nSPS) is 15.0. The van der Waals surface area contributed by atoms with E-state index in [1.807, 2.05) is 12.1 Å². The van der Waals surface area contributed by atoms with Crippen molar-refractivity contribution in [3.63, 3.8) is 0 Å². The fraction of sp³-hybridized carbons (Fsp3) is 0.316. The molecule has 0 spiro atoms. The van der Waals surface area contributed by atoms with Crippen molar-refractivity contribution in [2.45, 2.75) is 38.6 Å². The molecule has 0 aliphatic heterocycles.